The van der Waals surface area contributed by atoms with E-state index in [-0.39, 0.29) is 34.5 Å². The molecule has 3 fully saturated rings. The Morgan fingerprint density at radius 1 is 1.12 bits per heavy atom. The number of hydrogen-bond donors (Lipinski definition) is 2. The quantitative estimate of drug-likeness (QED) is 0.385. The molecule has 4 bridgehead atoms. The van der Waals surface area contributed by atoms with Crippen LogP contribution in [0.25, 0.3) is 0 Å². The number of rotatable bonds is 2. The van der Waals surface area contributed by atoms with Gasteiger partial charge in [0.25, 0.3) is 5.91 Å². The number of piperazine rings is 1. The van der Waals surface area contributed by atoms with Gasteiger partial charge in [-0.2, -0.15) is 0 Å². The van der Waals surface area contributed by atoms with E-state index in [0.717, 1.165) is 95.0 Å². The first-order valence-electron chi connectivity index (χ1n) is 19.9. The van der Waals surface area contributed by atoms with Crippen LogP contribution in [0.5, 0.6) is 5.75 Å². The minimum absolute atomic E-state index is 0.0724. The Labute approximate surface area is 312 Å². The van der Waals surface area contributed by atoms with Crippen LogP contribution >= 0.6 is 11.6 Å². The van der Waals surface area contributed by atoms with Gasteiger partial charge in [0.15, 0.2) is 0 Å². The lowest BCUT2D eigenvalue weighted by Gasteiger charge is -2.55. The second-order valence-corrected chi connectivity index (χ2v) is 17.8. The number of aliphatic hydroxyl groups is 1. The third kappa shape index (κ3) is 5.98. The van der Waals surface area contributed by atoms with E-state index in [1.54, 1.807) is 6.07 Å². The zero-order chi connectivity index (χ0) is 35.8. The van der Waals surface area contributed by atoms with E-state index in [0.29, 0.717) is 61.7 Å². The average Bonchev–Trinajstić information content (AvgIpc) is 3.26. The van der Waals surface area contributed by atoms with Crippen LogP contribution in [0.3, 0.4) is 0 Å². The van der Waals surface area contributed by atoms with E-state index in [1.807, 2.05) is 24.3 Å². The minimum atomic E-state index is -0.909. The monoisotopic (exact) mass is 732 g/mol. The number of benzene rings is 2. The smallest absolute Gasteiger partial charge is 0.251 e. The predicted octanol–water partition coefficient (Wildman–Crippen LogP) is 5.69. The molecule has 8 atom stereocenters. The molecule has 5 heterocycles. The summed E-state index contributed by atoms with van der Waals surface area (Å²) in [6.07, 6.45) is 7.69. The maximum atomic E-state index is 15.6. The van der Waals surface area contributed by atoms with Crippen molar-refractivity contribution in [3.8, 4) is 5.75 Å². The number of carbonyl (C=O) groups is 1. The van der Waals surface area contributed by atoms with Crippen molar-refractivity contribution >= 4 is 23.2 Å². The first-order valence-corrected chi connectivity index (χ1v) is 20.2. The van der Waals surface area contributed by atoms with Crippen molar-refractivity contribution in [2.24, 2.45) is 29.6 Å². The second kappa shape index (κ2) is 13.6. The highest BCUT2D eigenvalue weighted by Gasteiger charge is 2.53. The SMILES string of the molecule is C[C@@H]1[C@@H](C)CNC(=O)c2ccc3c(c2)N(C[C@@H]2CC[C@H]2[C@](O)(CN2CCN4CCOC[C@H]4C2)C2=C[C@H]1C2)C[C@@]1(CCCc2c1ccc(Cl)c2F)CO3. The number of halogens is 2. The lowest BCUT2D eigenvalue weighted by molar-refractivity contribution is -0.1000. The van der Waals surface area contributed by atoms with Crippen LogP contribution in [-0.4, -0.2) is 105 Å². The molecule has 10 rings (SSSR count). The molecule has 2 saturated heterocycles. The van der Waals surface area contributed by atoms with Gasteiger partial charge < -0.3 is 24.8 Å². The summed E-state index contributed by atoms with van der Waals surface area (Å²) in [5, 5.41) is 16.6. The van der Waals surface area contributed by atoms with Crippen molar-refractivity contribution in [2.75, 3.05) is 77.1 Å². The molecule has 0 aromatic heterocycles. The third-order valence-electron chi connectivity index (χ3n) is 14.5. The number of ether oxygens (including phenoxy) is 2. The molecule has 1 saturated carbocycles. The van der Waals surface area contributed by atoms with Crippen LogP contribution in [-0.2, 0) is 16.6 Å². The Balaban J connectivity index is 1.09. The van der Waals surface area contributed by atoms with Crippen LogP contribution < -0.4 is 15.0 Å². The Bertz CT molecular complexity index is 1760. The van der Waals surface area contributed by atoms with E-state index >= 15 is 4.39 Å². The molecule has 5 aliphatic heterocycles. The first kappa shape index (κ1) is 35.0. The fourth-order valence-corrected chi connectivity index (χ4v) is 11.0. The van der Waals surface area contributed by atoms with Crippen molar-refractivity contribution < 1.29 is 23.8 Å². The number of nitrogens with zero attached hydrogens (tertiary/aromatic N) is 3. The van der Waals surface area contributed by atoms with Gasteiger partial charge >= 0.3 is 0 Å². The molecular formula is C42H54ClFN4O4. The summed E-state index contributed by atoms with van der Waals surface area (Å²) in [7, 11) is 0. The summed E-state index contributed by atoms with van der Waals surface area (Å²) in [4.78, 5) is 21.1. The van der Waals surface area contributed by atoms with Gasteiger partial charge in [-0.05, 0) is 109 Å². The highest BCUT2D eigenvalue weighted by atomic mass is 35.5. The van der Waals surface area contributed by atoms with Crippen molar-refractivity contribution in [1.82, 2.24) is 15.1 Å². The molecule has 10 heteroatoms. The molecule has 1 amide bonds. The summed E-state index contributed by atoms with van der Waals surface area (Å²) in [6.45, 7) is 13.0. The van der Waals surface area contributed by atoms with E-state index in [1.165, 1.54) is 5.57 Å². The molecule has 8 nitrogen and oxygen atoms in total. The van der Waals surface area contributed by atoms with Crippen molar-refractivity contribution in [2.45, 2.75) is 69.4 Å². The Morgan fingerprint density at radius 3 is 2.81 bits per heavy atom. The topological polar surface area (TPSA) is 77.5 Å². The van der Waals surface area contributed by atoms with Gasteiger partial charge in [-0.25, -0.2) is 4.39 Å². The summed E-state index contributed by atoms with van der Waals surface area (Å²) in [5.74, 6) is 1.78. The van der Waals surface area contributed by atoms with E-state index < -0.39 is 11.0 Å². The minimum Gasteiger partial charge on any atom is -0.490 e. The highest BCUT2D eigenvalue weighted by Crippen LogP contribution is 2.53. The fraction of sp³-hybridized carbons (Fsp3) is 0.643. The standard InChI is InChI=1S/C42H54ClFN4O4/c1-26-19-45-40(49)28-6-10-38-37(18-28)48(23-41(25-52-38)11-3-4-33-35(41)8-9-36(43)39(33)44)20-29-5-7-34(29)42(50,31-16-30(17-31)27(26)2)24-46-12-13-47-14-15-51-22-32(47)21-46/h6,8-10,16,18,26-27,29-30,32,34,50H,3-5,7,11-15,17,19-25H2,1-2H3,(H,45,49)/t26-,27+,29-,30-,32+,34+,41-,42-/m0/s1. The predicted molar refractivity (Wildman–Crippen MR) is 201 cm³/mol. The maximum absolute atomic E-state index is 15.6. The molecule has 3 aliphatic carbocycles. The molecule has 2 aromatic rings. The van der Waals surface area contributed by atoms with Crippen LogP contribution in [0.15, 0.2) is 42.0 Å². The van der Waals surface area contributed by atoms with E-state index in [9.17, 15) is 9.90 Å². The Kier molecular flexibility index (Phi) is 9.13. The van der Waals surface area contributed by atoms with E-state index in [2.05, 4.69) is 39.9 Å². The second-order valence-electron chi connectivity index (χ2n) is 17.3. The molecule has 0 radical (unpaired) electrons. The number of carbonyl (C=O) groups excluding carboxylic acids is 1. The molecular weight excluding hydrogens is 679 g/mol. The van der Waals surface area contributed by atoms with Gasteiger partial charge in [-0.3, -0.25) is 14.6 Å². The first-order chi connectivity index (χ1) is 25.1. The summed E-state index contributed by atoms with van der Waals surface area (Å²) in [6, 6.07) is 9.91. The molecule has 2 N–H and O–H groups in total. The maximum Gasteiger partial charge on any atom is 0.251 e. The van der Waals surface area contributed by atoms with Gasteiger partial charge in [-0.1, -0.05) is 37.6 Å². The zero-order valence-electron chi connectivity index (χ0n) is 30.7. The number of amides is 1. The number of allylic oxidation sites excluding steroid dienone is 1. The number of fused-ring (bicyclic) bond motifs is 7. The Morgan fingerprint density at radius 2 is 1.98 bits per heavy atom. The molecule has 2 aromatic carbocycles. The number of β-amino-alcohol motifs (C(OH)–C–C–N with tert-alkyl or cyclic N) is 1. The number of morpholine rings is 1. The molecule has 8 aliphatic rings. The molecule has 280 valence electrons. The van der Waals surface area contributed by atoms with Crippen LogP contribution in [0, 0.1) is 35.4 Å². The van der Waals surface area contributed by atoms with Gasteiger partial charge in [0.2, 0.25) is 0 Å². The molecule has 52 heavy (non-hydrogen) atoms. The lowest BCUT2D eigenvalue weighted by atomic mass is 9.57. The summed E-state index contributed by atoms with van der Waals surface area (Å²) in [5.41, 5.74) is 3.08. The number of nitrogens with one attached hydrogen (secondary N) is 1. The summed E-state index contributed by atoms with van der Waals surface area (Å²) >= 11 is 6.31. The number of anilines is 1. The fourth-order valence-electron chi connectivity index (χ4n) is 10.8. The Hall–Kier alpha value is -2.69. The zero-order valence-corrected chi connectivity index (χ0v) is 31.5. The molecule has 1 spiro atoms. The summed E-state index contributed by atoms with van der Waals surface area (Å²) < 4.78 is 28.1. The van der Waals surface area contributed by atoms with Crippen LogP contribution in [0.4, 0.5) is 10.1 Å². The highest BCUT2D eigenvalue weighted by molar-refractivity contribution is 6.30. The van der Waals surface area contributed by atoms with Crippen LogP contribution in [0.2, 0.25) is 5.02 Å². The third-order valence-corrected chi connectivity index (χ3v) is 14.8. The molecule has 0 unspecified atom stereocenters. The van der Waals surface area contributed by atoms with Gasteiger partial charge in [-0.15, -0.1) is 0 Å². The largest absolute Gasteiger partial charge is 0.490 e. The van der Waals surface area contributed by atoms with Crippen molar-refractivity contribution in [3.63, 3.8) is 0 Å². The van der Waals surface area contributed by atoms with Gasteiger partial charge in [0.05, 0.1) is 30.5 Å². The van der Waals surface area contributed by atoms with Gasteiger partial charge in [0.1, 0.15) is 17.2 Å². The van der Waals surface area contributed by atoms with Gasteiger partial charge in [0, 0.05) is 69.4 Å². The van der Waals surface area contributed by atoms with Crippen molar-refractivity contribution in [1.29, 1.82) is 0 Å². The lowest BCUT2D eigenvalue weighted by Crippen LogP contribution is -2.63. The number of hydrogen-bond acceptors (Lipinski definition) is 7. The van der Waals surface area contributed by atoms with E-state index in [4.69, 9.17) is 21.1 Å². The normalized spacial score (nSPS) is 36.5. The average molecular weight is 733 g/mol. The van der Waals surface area contributed by atoms with Crippen LogP contribution in [0.1, 0.15) is 67.4 Å². The van der Waals surface area contributed by atoms with Crippen molar-refractivity contribution in [3.05, 3.63) is 69.5 Å².